The lowest BCUT2D eigenvalue weighted by Gasteiger charge is -2.16. The highest BCUT2D eigenvalue weighted by atomic mass is 32.1. The zero-order valence-electron chi connectivity index (χ0n) is 20.7. The lowest BCUT2D eigenvalue weighted by molar-refractivity contribution is -0.385. The molecule has 0 aliphatic carbocycles. The lowest BCUT2D eigenvalue weighted by atomic mass is 10.1. The summed E-state index contributed by atoms with van der Waals surface area (Å²) in [7, 11) is 1.50. The van der Waals surface area contributed by atoms with Gasteiger partial charge < -0.3 is 9.47 Å². The van der Waals surface area contributed by atoms with Gasteiger partial charge in [0.2, 0.25) is 0 Å². The molecule has 0 unspecified atom stereocenters. The molecule has 1 amide bonds. The van der Waals surface area contributed by atoms with E-state index in [-0.39, 0.29) is 18.0 Å². The van der Waals surface area contributed by atoms with Crippen LogP contribution in [0.15, 0.2) is 78.4 Å². The van der Waals surface area contributed by atoms with Gasteiger partial charge in [0.15, 0.2) is 11.5 Å². The van der Waals surface area contributed by atoms with Crippen molar-refractivity contribution in [3.63, 3.8) is 0 Å². The standard InChI is InChI=1S/C27H22N4O7S/c1-3-4-19-11-18(12-23(37-2)26(19)38-16-17-5-7-21(8-6-17)30(33)34)15-28-29-27(32)25-14-20-13-22(31(35)36)9-10-24(20)39-25/h3,5-15H,1,4,16H2,2H3,(H,29,32)/b28-15-. The highest BCUT2D eigenvalue weighted by molar-refractivity contribution is 7.20. The molecule has 0 aliphatic heterocycles. The molecule has 0 saturated heterocycles. The third-order valence-corrected chi connectivity index (χ3v) is 6.70. The summed E-state index contributed by atoms with van der Waals surface area (Å²) < 4.78 is 12.3. The minimum atomic E-state index is -0.484. The fourth-order valence-corrected chi connectivity index (χ4v) is 4.66. The SMILES string of the molecule is C=CCc1cc(/C=N\NC(=O)c2cc3cc([N+](=O)[O-])ccc3s2)cc(OC)c1OCc1ccc([N+](=O)[O-])cc1. The molecule has 1 heterocycles. The van der Waals surface area contributed by atoms with Crippen molar-refractivity contribution < 1.29 is 24.1 Å². The van der Waals surface area contributed by atoms with Crippen molar-refractivity contribution in [1.29, 1.82) is 0 Å². The van der Waals surface area contributed by atoms with Crippen LogP contribution < -0.4 is 14.9 Å². The number of amides is 1. The number of nitro benzene ring substituents is 2. The van der Waals surface area contributed by atoms with Gasteiger partial charge >= 0.3 is 0 Å². The van der Waals surface area contributed by atoms with E-state index in [1.807, 2.05) is 6.07 Å². The van der Waals surface area contributed by atoms with Crippen LogP contribution in [0, 0.1) is 20.2 Å². The number of rotatable bonds is 11. The van der Waals surface area contributed by atoms with Crippen LogP contribution in [-0.2, 0) is 13.0 Å². The molecule has 1 aromatic heterocycles. The van der Waals surface area contributed by atoms with Crippen LogP contribution in [0.25, 0.3) is 10.1 Å². The summed E-state index contributed by atoms with van der Waals surface area (Å²) in [6, 6.07) is 15.6. The predicted molar refractivity (Wildman–Crippen MR) is 148 cm³/mol. The van der Waals surface area contributed by atoms with E-state index in [1.54, 1.807) is 36.4 Å². The second kappa shape index (κ2) is 12.0. The Morgan fingerprint density at radius 3 is 2.44 bits per heavy atom. The Bertz CT molecular complexity index is 1600. The zero-order valence-corrected chi connectivity index (χ0v) is 21.5. The molecule has 0 bridgehead atoms. The molecular weight excluding hydrogens is 524 g/mol. The number of nitro groups is 2. The van der Waals surface area contributed by atoms with E-state index < -0.39 is 15.8 Å². The van der Waals surface area contributed by atoms with Gasteiger partial charge in [-0.25, -0.2) is 5.43 Å². The van der Waals surface area contributed by atoms with Gasteiger partial charge in [-0.3, -0.25) is 25.0 Å². The first-order valence-corrected chi connectivity index (χ1v) is 12.3. The van der Waals surface area contributed by atoms with E-state index >= 15 is 0 Å². The third-order valence-electron chi connectivity index (χ3n) is 5.58. The number of carbonyl (C=O) groups is 1. The van der Waals surface area contributed by atoms with Gasteiger partial charge in [0.25, 0.3) is 17.3 Å². The molecule has 3 aromatic carbocycles. The molecule has 1 N–H and O–H groups in total. The van der Waals surface area contributed by atoms with Gasteiger partial charge in [-0.05, 0) is 53.9 Å². The molecule has 198 valence electrons. The number of thiophene rings is 1. The second-order valence-corrected chi connectivity index (χ2v) is 9.29. The molecule has 0 aliphatic rings. The first kappa shape index (κ1) is 26.9. The topological polar surface area (TPSA) is 146 Å². The number of fused-ring (bicyclic) bond motifs is 1. The molecule has 39 heavy (non-hydrogen) atoms. The molecular formula is C27H22N4O7S. The Hall–Kier alpha value is -5.10. The van der Waals surface area contributed by atoms with E-state index in [0.717, 1.165) is 15.8 Å². The third kappa shape index (κ3) is 6.43. The minimum Gasteiger partial charge on any atom is -0.493 e. The summed E-state index contributed by atoms with van der Waals surface area (Å²) in [6.07, 6.45) is 3.64. The largest absolute Gasteiger partial charge is 0.493 e. The summed E-state index contributed by atoms with van der Waals surface area (Å²) in [5.41, 5.74) is 4.58. The number of hydrazone groups is 1. The maximum absolute atomic E-state index is 12.6. The van der Waals surface area contributed by atoms with Crippen LogP contribution in [-0.4, -0.2) is 29.1 Å². The number of hydrogen-bond acceptors (Lipinski definition) is 9. The van der Waals surface area contributed by atoms with E-state index in [4.69, 9.17) is 9.47 Å². The van der Waals surface area contributed by atoms with Crippen molar-refractivity contribution in [2.24, 2.45) is 5.10 Å². The predicted octanol–water partition coefficient (Wildman–Crippen LogP) is 5.80. The lowest BCUT2D eigenvalue weighted by Crippen LogP contribution is -2.16. The van der Waals surface area contributed by atoms with Gasteiger partial charge in [0.05, 0.1) is 28.0 Å². The fraction of sp³-hybridized carbons (Fsp3) is 0.111. The summed E-state index contributed by atoms with van der Waals surface area (Å²) >= 11 is 1.21. The first-order valence-electron chi connectivity index (χ1n) is 11.5. The molecule has 0 atom stereocenters. The molecule has 4 rings (SSSR count). The molecule has 0 spiro atoms. The number of nitrogens with one attached hydrogen (secondary N) is 1. The molecule has 0 fully saturated rings. The van der Waals surface area contributed by atoms with Crippen molar-refractivity contribution in [1.82, 2.24) is 5.43 Å². The summed E-state index contributed by atoms with van der Waals surface area (Å²) in [5.74, 6) is 0.489. The van der Waals surface area contributed by atoms with Gasteiger partial charge in [-0.1, -0.05) is 6.08 Å². The van der Waals surface area contributed by atoms with E-state index in [2.05, 4.69) is 17.1 Å². The van der Waals surface area contributed by atoms with E-state index in [0.29, 0.717) is 33.7 Å². The van der Waals surface area contributed by atoms with Gasteiger partial charge in [-0.15, -0.1) is 17.9 Å². The molecule has 12 heteroatoms. The van der Waals surface area contributed by atoms with Crippen molar-refractivity contribution >= 4 is 44.9 Å². The molecule has 0 radical (unpaired) electrons. The first-order chi connectivity index (χ1) is 18.8. The molecule has 11 nitrogen and oxygen atoms in total. The number of non-ortho nitro benzene ring substituents is 2. The van der Waals surface area contributed by atoms with Crippen LogP contribution in [0.2, 0.25) is 0 Å². The Labute approximate surface area is 226 Å². The fourth-order valence-electron chi connectivity index (χ4n) is 3.73. The Morgan fingerprint density at radius 1 is 1.05 bits per heavy atom. The smallest absolute Gasteiger partial charge is 0.281 e. The number of benzene rings is 3. The highest BCUT2D eigenvalue weighted by Crippen LogP contribution is 2.34. The maximum Gasteiger partial charge on any atom is 0.281 e. The number of methoxy groups -OCH3 is 1. The summed E-state index contributed by atoms with van der Waals surface area (Å²) in [4.78, 5) is 33.9. The zero-order chi connectivity index (χ0) is 27.9. The molecule has 0 saturated carbocycles. The van der Waals surface area contributed by atoms with E-state index in [9.17, 15) is 25.0 Å². The normalized spacial score (nSPS) is 10.9. The van der Waals surface area contributed by atoms with Crippen LogP contribution in [0.3, 0.4) is 0 Å². The van der Waals surface area contributed by atoms with Gasteiger partial charge in [0, 0.05) is 39.9 Å². The Morgan fingerprint density at radius 2 is 1.77 bits per heavy atom. The average molecular weight is 547 g/mol. The number of carbonyl (C=O) groups excluding carboxylic acids is 1. The monoisotopic (exact) mass is 546 g/mol. The van der Waals surface area contributed by atoms with Crippen molar-refractivity contribution in [2.75, 3.05) is 7.11 Å². The summed E-state index contributed by atoms with van der Waals surface area (Å²) in [5, 5.41) is 26.5. The van der Waals surface area contributed by atoms with Crippen LogP contribution in [0.5, 0.6) is 11.5 Å². The number of nitrogens with zero attached hydrogens (tertiary/aromatic N) is 3. The van der Waals surface area contributed by atoms with Gasteiger partial charge in [-0.2, -0.15) is 5.10 Å². The van der Waals surface area contributed by atoms with Crippen LogP contribution >= 0.6 is 11.3 Å². The highest BCUT2D eigenvalue weighted by Gasteiger charge is 2.15. The number of hydrogen-bond donors (Lipinski definition) is 1. The Balaban J connectivity index is 1.48. The van der Waals surface area contributed by atoms with Crippen LogP contribution in [0.4, 0.5) is 11.4 Å². The Kier molecular flexibility index (Phi) is 8.27. The van der Waals surface area contributed by atoms with Crippen LogP contribution in [0.1, 0.15) is 26.4 Å². The van der Waals surface area contributed by atoms with Crippen molar-refractivity contribution in [3.8, 4) is 11.5 Å². The average Bonchev–Trinajstić information content (AvgIpc) is 3.36. The van der Waals surface area contributed by atoms with Crippen molar-refractivity contribution in [3.05, 3.63) is 115 Å². The maximum atomic E-state index is 12.6. The van der Waals surface area contributed by atoms with E-state index in [1.165, 1.54) is 48.9 Å². The second-order valence-electron chi connectivity index (χ2n) is 8.21. The summed E-state index contributed by atoms with van der Waals surface area (Å²) in [6.45, 7) is 3.96. The molecule has 4 aromatic rings. The van der Waals surface area contributed by atoms with Gasteiger partial charge in [0.1, 0.15) is 6.61 Å². The van der Waals surface area contributed by atoms with Crippen molar-refractivity contribution in [2.45, 2.75) is 13.0 Å². The number of ether oxygens (including phenoxy) is 2. The minimum absolute atomic E-state index is 0.00395. The quantitative estimate of drug-likeness (QED) is 0.108. The number of allylic oxidation sites excluding steroid dienone is 1.